The molecule has 4 unspecified atom stereocenters. The van der Waals surface area contributed by atoms with Gasteiger partial charge in [0.2, 0.25) is 0 Å². The summed E-state index contributed by atoms with van der Waals surface area (Å²) in [7, 11) is 0. The summed E-state index contributed by atoms with van der Waals surface area (Å²) in [6.45, 7) is 0. The first-order valence-electron chi connectivity index (χ1n) is 6.17. The second-order valence-electron chi connectivity index (χ2n) is 5.43. The third-order valence-electron chi connectivity index (χ3n) is 4.55. The van der Waals surface area contributed by atoms with Crippen molar-refractivity contribution in [3.63, 3.8) is 0 Å². The van der Waals surface area contributed by atoms with E-state index in [0.29, 0.717) is 5.38 Å². The standard InChI is InChI=1S/C13H19Cl/c14-12-3-1-2-10(8-12)13-7-9-4-5-11(13)6-9/h8-9,11-13H,1-7H2. The maximum absolute atomic E-state index is 6.22. The predicted octanol–water partition coefficient (Wildman–Crippen LogP) is 4.14. The smallest absolute Gasteiger partial charge is 0.0518 e. The average molecular weight is 211 g/mol. The van der Waals surface area contributed by atoms with E-state index in [9.17, 15) is 0 Å². The zero-order valence-electron chi connectivity index (χ0n) is 8.71. The van der Waals surface area contributed by atoms with E-state index in [4.69, 9.17) is 11.6 Å². The molecule has 3 rings (SSSR count). The maximum Gasteiger partial charge on any atom is 0.0518 e. The lowest BCUT2D eigenvalue weighted by Gasteiger charge is -2.28. The van der Waals surface area contributed by atoms with Crippen molar-refractivity contribution >= 4 is 11.6 Å². The molecular weight excluding hydrogens is 192 g/mol. The van der Waals surface area contributed by atoms with Crippen LogP contribution in [0.15, 0.2) is 11.6 Å². The fraction of sp³-hybridized carbons (Fsp3) is 0.846. The molecule has 0 spiro atoms. The zero-order chi connectivity index (χ0) is 9.54. The van der Waals surface area contributed by atoms with Crippen LogP contribution in [0.2, 0.25) is 0 Å². The SMILES string of the molecule is ClC1C=C(C2CC3CCC2C3)CCC1. The predicted molar refractivity (Wildman–Crippen MR) is 60.5 cm³/mol. The summed E-state index contributed by atoms with van der Waals surface area (Å²) in [6, 6.07) is 0. The lowest BCUT2D eigenvalue weighted by Crippen LogP contribution is -2.17. The minimum Gasteiger partial charge on any atom is -0.118 e. The highest BCUT2D eigenvalue weighted by Crippen LogP contribution is 2.52. The summed E-state index contributed by atoms with van der Waals surface area (Å²) < 4.78 is 0. The van der Waals surface area contributed by atoms with Crippen molar-refractivity contribution in [2.24, 2.45) is 17.8 Å². The Labute approximate surface area is 91.7 Å². The van der Waals surface area contributed by atoms with Gasteiger partial charge in [-0.25, -0.2) is 0 Å². The molecule has 0 aliphatic heterocycles. The molecule has 0 aromatic carbocycles. The fourth-order valence-corrected chi connectivity index (χ4v) is 4.22. The van der Waals surface area contributed by atoms with Crippen LogP contribution in [0.5, 0.6) is 0 Å². The van der Waals surface area contributed by atoms with Gasteiger partial charge in [-0.05, 0) is 56.3 Å². The first kappa shape index (κ1) is 9.27. The van der Waals surface area contributed by atoms with Crippen molar-refractivity contribution in [1.29, 1.82) is 0 Å². The van der Waals surface area contributed by atoms with Gasteiger partial charge in [0.25, 0.3) is 0 Å². The van der Waals surface area contributed by atoms with E-state index in [-0.39, 0.29) is 0 Å². The van der Waals surface area contributed by atoms with Crippen LogP contribution in [-0.2, 0) is 0 Å². The quantitative estimate of drug-likeness (QED) is 0.451. The molecule has 0 aromatic rings. The molecule has 0 aromatic heterocycles. The van der Waals surface area contributed by atoms with Gasteiger partial charge in [-0.15, -0.1) is 11.6 Å². The summed E-state index contributed by atoms with van der Waals surface area (Å²) >= 11 is 6.22. The Kier molecular flexibility index (Phi) is 2.35. The lowest BCUT2D eigenvalue weighted by atomic mass is 9.79. The molecule has 0 radical (unpaired) electrons. The van der Waals surface area contributed by atoms with E-state index >= 15 is 0 Å². The van der Waals surface area contributed by atoms with Gasteiger partial charge in [-0.2, -0.15) is 0 Å². The topological polar surface area (TPSA) is 0 Å². The van der Waals surface area contributed by atoms with Crippen LogP contribution in [0.25, 0.3) is 0 Å². The molecule has 1 heteroatoms. The van der Waals surface area contributed by atoms with Crippen LogP contribution >= 0.6 is 11.6 Å². The van der Waals surface area contributed by atoms with Crippen molar-refractivity contribution in [1.82, 2.24) is 0 Å². The molecule has 14 heavy (non-hydrogen) atoms. The van der Waals surface area contributed by atoms with Gasteiger partial charge < -0.3 is 0 Å². The monoisotopic (exact) mass is 210 g/mol. The minimum atomic E-state index is 0.345. The number of hydrogen-bond donors (Lipinski definition) is 0. The highest BCUT2D eigenvalue weighted by Gasteiger charge is 2.41. The third kappa shape index (κ3) is 1.52. The highest BCUT2D eigenvalue weighted by atomic mass is 35.5. The number of halogens is 1. The van der Waals surface area contributed by atoms with Crippen LogP contribution in [0.4, 0.5) is 0 Å². The van der Waals surface area contributed by atoms with E-state index < -0.39 is 0 Å². The van der Waals surface area contributed by atoms with Crippen molar-refractivity contribution in [3.05, 3.63) is 11.6 Å². The number of rotatable bonds is 1. The molecule has 0 N–H and O–H groups in total. The Morgan fingerprint density at radius 3 is 2.71 bits per heavy atom. The fourth-order valence-electron chi connectivity index (χ4n) is 3.91. The van der Waals surface area contributed by atoms with Gasteiger partial charge in [-0.3, -0.25) is 0 Å². The third-order valence-corrected chi connectivity index (χ3v) is 4.90. The van der Waals surface area contributed by atoms with Crippen LogP contribution in [0, 0.1) is 17.8 Å². The van der Waals surface area contributed by atoms with Crippen LogP contribution < -0.4 is 0 Å². The highest BCUT2D eigenvalue weighted by molar-refractivity contribution is 6.21. The Morgan fingerprint density at radius 1 is 1.14 bits per heavy atom. The van der Waals surface area contributed by atoms with Crippen molar-refractivity contribution in [2.75, 3.05) is 0 Å². The van der Waals surface area contributed by atoms with Crippen molar-refractivity contribution in [2.45, 2.75) is 50.3 Å². The number of allylic oxidation sites excluding steroid dienone is 2. The second kappa shape index (κ2) is 3.56. The molecule has 0 nitrogen and oxygen atoms in total. The summed E-state index contributed by atoms with van der Waals surface area (Å²) in [4.78, 5) is 0. The number of alkyl halides is 1. The van der Waals surface area contributed by atoms with E-state index in [0.717, 1.165) is 17.8 Å². The second-order valence-corrected chi connectivity index (χ2v) is 5.99. The molecular formula is C13H19Cl. The van der Waals surface area contributed by atoms with Crippen LogP contribution in [0.3, 0.4) is 0 Å². The zero-order valence-corrected chi connectivity index (χ0v) is 9.47. The van der Waals surface area contributed by atoms with E-state index in [1.165, 1.54) is 44.9 Å². The first-order valence-corrected chi connectivity index (χ1v) is 6.61. The van der Waals surface area contributed by atoms with Gasteiger partial charge in [0.05, 0.1) is 5.38 Å². The molecule has 2 fully saturated rings. The van der Waals surface area contributed by atoms with Gasteiger partial charge in [0, 0.05) is 0 Å². The molecule has 3 aliphatic rings. The molecule has 0 amide bonds. The van der Waals surface area contributed by atoms with Crippen molar-refractivity contribution < 1.29 is 0 Å². The summed E-state index contributed by atoms with van der Waals surface area (Å²) in [6.07, 6.45) is 12.3. The van der Waals surface area contributed by atoms with E-state index in [1.807, 2.05) is 0 Å². The molecule has 0 saturated heterocycles. The van der Waals surface area contributed by atoms with Gasteiger partial charge in [-0.1, -0.05) is 18.1 Å². The Hall–Kier alpha value is 0.0300. The van der Waals surface area contributed by atoms with E-state index in [2.05, 4.69) is 6.08 Å². The van der Waals surface area contributed by atoms with Gasteiger partial charge in [0.15, 0.2) is 0 Å². The average Bonchev–Trinajstić information content (AvgIpc) is 2.78. The molecule has 2 bridgehead atoms. The Morgan fingerprint density at radius 2 is 2.07 bits per heavy atom. The molecule has 78 valence electrons. The molecule has 4 atom stereocenters. The number of fused-ring (bicyclic) bond motifs is 2. The van der Waals surface area contributed by atoms with Gasteiger partial charge >= 0.3 is 0 Å². The van der Waals surface area contributed by atoms with Crippen LogP contribution in [-0.4, -0.2) is 5.38 Å². The number of hydrogen-bond acceptors (Lipinski definition) is 0. The minimum absolute atomic E-state index is 0.345. The molecule has 3 aliphatic carbocycles. The molecule has 2 saturated carbocycles. The Balaban J connectivity index is 1.76. The van der Waals surface area contributed by atoms with Crippen molar-refractivity contribution in [3.8, 4) is 0 Å². The Bertz CT molecular complexity index is 256. The molecule has 0 heterocycles. The van der Waals surface area contributed by atoms with Gasteiger partial charge in [0.1, 0.15) is 0 Å². The maximum atomic E-state index is 6.22. The lowest BCUT2D eigenvalue weighted by molar-refractivity contribution is 0.364. The first-order chi connectivity index (χ1) is 6.83. The normalized spacial score (nSPS) is 46.8. The summed E-state index contributed by atoms with van der Waals surface area (Å²) in [5, 5.41) is 0.345. The summed E-state index contributed by atoms with van der Waals surface area (Å²) in [5.74, 6) is 3.05. The van der Waals surface area contributed by atoms with Crippen LogP contribution in [0.1, 0.15) is 44.9 Å². The largest absolute Gasteiger partial charge is 0.118 e. The summed E-state index contributed by atoms with van der Waals surface area (Å²) in [5.41, 5.74) is 1.73. The van der Waals surface area contributed by atoms with E-state index in [1.54, 1.807) is 5.57 Å².